The molecule has 1 heterocycles. The molecule has 0 saturated heterocycles. The molecule has 0 N–H and O–H groups in total. The van der Waals surface area contributed by atoms with Crippen LogP contribution in [0.3, 0.4) is 0 Å². The minimum absolute atomic E-state index is 0.172. The fourth-order valence-electron chi connectivity index (χ4n) is 10.7. The molecular formula is C59H41N. The van der Waals surface area contributed by atoms with Gasteiger partial charge >= 0.3 is 0 Å². The molecule has 0 saturated carbocycles. The molecule has 0 aliphatic heterocycles. The zero-order chi connectivity index (χ0) is 40.0. The minimum Gasteiger partial charge on any atom is -0.248 e. The van der Waals surface area contributed by atoms with Crippen molar-refractivity contribution >= 4 is 21.5 Å². The van der Waals surface area contributed by atoms with E-state index in [-0.39, 0.29) is 5.41 Å². The fraction of sp³-hybridized carbons (Fsp3) is 0.0678. The van der Waals surface area contributed by atoms with Crippen molar-refractivity contribution in [2.24, 2.45) is 0 Å². The Kier molecular flexibility index (Phi) is 7.56. The summed E-state index contributed by atoms with van der Waals surface area (Å²) in [6.07, 6.45) is 0. The Morgan fingerprint density at radius 1 is 0.300 bits per heavy atom. The second-order valence-electron chi connectivity index (χ2n) is 17.1. The Morgan fingerprint density at radius 2 is 0.800 bits per heavy atom. The van der Waals surface area contributed by atoms with Crippen LogP contribution in [0.15, 0.2) is 212 Å². The van der Waals surface area contributed by atoms with E-state index in [0.717, 1.165) is 28.1 Å². The highest BCUT2D eigenvalue weighted by Gasteiger charge is 2.53. The molecule has 12 rings (SSSR count). The first-order valence-electron chi connectivity index (χ1n) is 21.0. The van der Waals surface area contributed by atoms with Gasteiger partial charge in [-0.3, -0.25) is 0 Å². The van der Waals surface area contributed by atoms with E-state index >= 15 is 0 Å². The van der Waals surface area contributed by atoms with Gasteiger partial charge in [-0.2, -0.15) is 0 Å². The van der Waals surface area contributed by atoms with Crippen molar-refractivity contribution in [2.75, 3.05) is 0 Å². The largest absolute Gasteiger partial charge is 0.248 e. The van der Waals surface area contributed by atoms with E-state index in [4.69, 9.17) is 4.98 Å². The molecule has 1 heteroatoms. The number of aromatic nitrogens is 1. The summed E-state index contributed by atoms with van der Waals surface area (Å²) in [6, 6.07) is 78.8. The van der Waals surface area contributed by atoms with Gasteiger partial charge in [-0.1, -0.05) is 190 Å². The third-order valence-electron chi connectivity index (χ3n) is 13.5. The quantitative estimate of drug-likeness (QED) is 0.163. The molecule has 0 bridgehead atoms. The topological polar surface area (TPSA) is 12.9 Å². The number of fused-ring (bicyclic) bond motifs is 11. The highest BCUT2D eigenvalue weighted by molar-refractivity contribution is 6.01. The summed E-state index contributed by atoms with van der Waals surface area (Å²) >= 11 is 0. The summed E-state index contributed by atoms with van der Waals surface area (Å²) in [4.78, 5) is 5.29. The number of benzene rings is 9. The highest BCUT2D eigenvalue weighted by Crippen LogP contribution is 2.63. The second kappa shape index (κ2) is 13.1. The van der Waals surface area contributed by atoms with Crippen LogP contribution in [0.25, 0.3) is 77.4 Å². The van der Waals surface area contributed by atoms with Crippen LogP contribution in [-0.2, 0) is 10.8 Å². The smallest absolute Gasteiger partial charge is 0.0719 e. The van der Waals surface area contributed by atoms with Gasteiger partial charge in [-0.05, 0) is 125 Å². The first-order valence-corrected chi connectivity index (χ1v) is 21.0. The molecule has 0 radical (unpaired) electrons. The summed E-state index contributed by atoms with van der Waals surface area (Å²) in [6.45, 7) is 4.79. The Labute approximate surface area is 351 Å². The van der Waals surface area contributed by atoms with Crippen molar-refractivity contribution in [3.63, 3.8) is 0 Å². The van der Waals surface area contributed by atoms with E-state index in [1.165, 1.54) is 82.7 Å². The van der Waals surface area contributed by atoms with Gasteiger partial charge in [0.25, 0.3) is 0 Å². The first-order chi connectivity index (χ1) is 29.5. The van der Waals surface area contributed by atoms with Gasteiger partial charge in [0.05, 0.1) is 16.8 Å². The monoisotopic (exact) mass is 763 g/mol. The number of pyridine rings is 1. The molecule has 282 valence electrons. The lowest BCUT2D eigenvalue weighted by molar-refractivity contribution is 0.563. The predicted octanol–water partition coefficient (Wildman–Crippen LogP) is 15.1. The van der Waals surface area contributed by atoms with Crippen LogP contribution in [0.1, 0.15) is 47.2 Å². The van der Waals surface area contributed by atoms with Crippen molar-refractivity contribution in [1.82, 2.24) is 4.98 Å². The lowest BCUT2D eigenvalue weighted by Crippen LogP contribution is -2.40. The maximum Gasteiger partial charge on any atom is 0.0719 e. The van der Waals surface area contributed by atoms with Gasteiger partial charge in [0.2, 0.25) is 0 Å². The number of hydrogen-bond donors (Lipinski definition) is 0. The van der Waals surface area contributed by atoms with E-state index in [1.807, 2.05) is 0 Å². The van der Waals surface area contributed by atoms with E-state index in [9.17, 15) is 0 Å². The molecule has 0 amide bonds. The summed E-state index contributed by atoms with van der Waals surface area (Å²) < 4.78 is 0. The summed E-state index contributed by atoms with van der Waals surface area (Å²) in [5, 5.41) is 5.03. The number of rotatable bonds is 4. The zero-order valence-corrected chi connectivity index (χ0v) is 33.7. The van der Waals surface area contributed by atoms with E-state index in [0.29, 0.717) is 0 Å². The van der Waals surface area contributed by atoms with Crippen LogP contribution >= 0.6 is 0 Å². The fourth-order valence-corrected chi connectivity index (χ4v) is 10.7. The molecule has 0 atom stereocenters. The van der Waals surface area contributed by atoms with Crippen molar-refractivity contribution in [1.29, 1.82) is 0 Å². The third-order valence-corrected chi connectivity index (χ3v) is 13.5. The van der Waals surface area contributed by atoms with Crippen LogP contribution in [0.4, 0.5) is 0 Å². The van der Waals surface area contributed by atoms with Crippen molar-refractivity contribution in [2.45, 2.75) is 24.7 Å². The highest BCUT2D eigenvalue weighted by atomic mass is 14.7. The average Bonchev–Trinajstić information content (AvgIpc) is 3.61. The van der Waals surface area contributed by atoms with Crippen molar-refractivity contribution in [3.8, 4) is 55.9 Å². The summed E-state index contributed by atoms with van der Waals surface area (Å²) in [5.41, 5.74) is 18.9. The van der Waals surface area contributed by atoms with Crippen LogP contribution in [0.5, 0.6) is 0 Å². The van der Waals surface area contributed by atoms with E-state index in [1.54, 1.807) is 0 Å². The van der Waals surface area contributed by atoms with Crippen molar-refractivity contribution in [3.05, 3.63) is 246 Å². The molecule has 0 unspecified atom stereocenters. The lowest BCUT2D eigenvalue weighted by Gasteiger charge is -2.46. The summed E-state index contributed by atoms with van der Waals surface area (Å²) in [7, 11) is 0. The van der Waals surface area contributed by atoms with Gasteiger partial charge in [-0.25, -0.2) is 4.98 Å². The van der Waals surface area contributed by atoms with Gasteiger partial charge in [0, 0.05) is 16.5 Å². The maximum absolute atomic E-state index is 5.29. The van der Waals surface area contributed by atoms with Gasteiger partial charge in [0.15, 0.2) is 0 Å². The number of nitrogens with zero attached hydrogens (tertiary/aromatic N) is 1. The number of hydrogen-bond acceptors (Lipinski definition) is 1. The summed E-state index contributed by atoms with van der Waals surface area (Å²) in [5.74, 6) is 0. The van der Waals surface area contributed by atoms with Crippen molar-refractivity contribution < 1.29 is 0 Å². The molecule has 1 nitrogen and oxygen atoms in total. The molecule has 60 heavy (non-hydrogen) atoms. The standard InChI is InChI=1S/C59H41N/c1-58(2)50-23-11-13-25-52(50)59(53-26-14-12-24-51(53)58)49-31-30-44(42-28-29-43-32-40-20-9-10-21-41(40)33-45(43)34-42)35-48(49)57-47(22-15-27-54(57)59)46-36-55(38-16-5-3-6-17-38)60-56(37-46)39-18-7-4-8-19-39/h3-37H,1-2H3. The Hall–Kier alpha value is -7.35. The van der Waals surface area contributed by atoms with Crippen LogP contribution < -0.4 is 0 Å². The van der Waals surface area contributed by atoms with Gasteiger partial charge < -0.3 is 0 Å². The van der Waals surface area contributed by atoms with Crippen LogP contribution in [-0.4, -0.2) is 4.98 Å². The van der Waals surface area contributed by atoms with E-state index in [2.05, 4.69) is 226 Å². The normalized spacial score (nSPS) is 14.1. The minimum atomic E-state index is -0.512. The zero-order valence-electron chi connectivity index (χ0n) is 33.7. The lowest BCUT2D eigenvalue weighted by atomic mass is 9.55. The molecule has 2 aliphatic rings. The van der Waals surface area contributed by atoms with E-state index < -0.39 is 5.41 Å². The molecule has 1 aromatic heterocycles. The predicted molar refractivity (Wildman–Crippen MR) is 250 cm³/mol. The third kappa shape index (κ3) is 5.02. The SMILES string of the molecule is CC1(C)c2ccccc2C2(c3ccc(-c4ccc5cc6ccccc6cc5c4)cc3-c3c(-c4cc(-c5ccccc5)nc(-c5ccccc5)c4)cccc32)c2ccccc21. The molecule has 2 aliphatic carbocycles. The molecule has 10 aromatic rings. The Balaban J connectivity index is 1.16. The first kappa shape index (κ1) is 34.7. The molecular weight excluding hydrogens is 723 g/mol. The Morgan fingerprint density at radius 3 is 1.43 bits per heavy atom. The van der Waals surface area contributed by atoms with Crippen LogP contribution in [0.2, 0.25) is 0 Å². The van der Waals surface area contributed by atoms with Gasteiger partial charge in [-0.15, -0.1) is 0 Å². The van der Waals surface area contributed by atoms with Gasteiger partial charge in [0.1, 0.15) is 0 Å². The second-order valence-corrected chi connectivity index (χ2v) is 17.1. The average molecular weight is 764 g/mol. The van der Waals surface area contributed by atoms with Crippen LogP contribution in [0, 0.1) is 0 Å². The maximum atomic E-state index is 5.29. The molecule has 0 fully saturated rings. The molecule has 1 spiro atoms. The Bertz CT molecular complexity index is 3230. The molecule has 9 aromatic carbocycles.